The van der Waals surface area contributed by atoms with E-state index in [4.69, 9.17) is 0 Å². The molecule has 0 heterocycles. The highest BCUT2D eigenvalue weighted by Gasteiger charge is 1.99. The topological polar surface area (TPSA) is 15.3 Å². The van der Waals surface area contributed by atoms with Crippen LogP contribution in [0, 0.1) is 0 Å². The van der Waals surface area contributed by atoms with E-state index in [1.54, 1.807) is 0 Å². The van der Waals surface area contributed by atoms with Gasteiger partial charge in [0, 0.05) is 13.1 Å². The van der Waals surface area contributed by atoms with E-state index in [1.807, 2.05) is 19.2 Å². The second-order valence-corrected chi connectivity index (χ2v) is 3.19. The van der Waals surface area contributed by atoms with Crippen LogP contribution in [0.4, 0.5) is 0 Å². The van der Waals surface area contributed by atoms with Gasteiger partial charge in [0.1, 0.15) is 0 Å². The molecule has 76 valence electrons. The molecule has 0 fully saturated rings. The highest BCUT2D eigenvalue weighted by molar-refractivity contribution is 5.14. The Morgan fingerprint density at radius 3 is 2.64 bits per heavy atom. The fourth-order valence-corrected chi connectivity index (χ4v) is 1.36. The molecular weight excluding hydrogens is 172 g/mol. The second-order valence-electron chi connectivity index (χ2n) is 3.19. The highest BCUT2D eigenvalue weighted by Crippen LogP contribution is 2.00. The van der Waals surface area contributed by atoms with E-state index in [-0.39, 0.29) is 0 Å². The van der Waals surface area contributed by atoms with Crippen molar-refractivity contribution in [1.29, 1.82) is 0 Å². The molecule has 0 unspecified atom stereocenters. The standard InChI is InChI=1S/C12H18N2/c1-3-10-14(13-2)11-9-12-7-5-4-6-8-12/h3-8,13H,1,9-11H2,2H3. The molecule has 0 aromatic heterocycles. The SMILES string of the molecule is C=CCN(CCc1ccccc1)NC. The Morgan fingerprint density at radius 1 is 1.36 bits per heavy atom. The van der Waals surface area contributed by atoms with Crippen molar-refractivity contribution in [2.24, 2.45) is 0 Å². The summed E-state index contributed by atoms with van der Waals surface area (Å²) in [7, 11) is 1.94. The summed E-state index contributed by atoms with van der Waals surface area (Å²) >= 11 is 0. The number of hydrazine groups is 1. The van der Waals surface area contributed by atoms with Crippen molar-refractivity contribution in [3.63, 3.8) is 0 Å². The number of nitrogens with zero attached hydrogens (tertiary/aromatic N) is 1. The molecule has 2 heteroatoms. The summed E-state index contributed by atoms with van der Waals surface area (Å²) in [6.07, 6.45) is 2.97. The summed E-state index contributed by atoms with van der Waals surface area (Å²) in [5.41, 5.74) is 4.51. The summed E-state index contributed by atoms with van der Waals surface area (Å²) in [6, 6.07) is 10.5. The van der Waals surface area contributed by atoms with Crippen molar-refractivity contribution in [3.8, 4) is 0 Å². The first-order valence-corrected chi connectivity index (χ1v) is 4.94. The van der Waals surface area contributed by atoms with Crippen molar-refractivity contribution in [2.45, 2.75) is 6.42 Å². The maximum atomic E-state index is 3.72. The van der Waals surface area contributed by atoms with Gasteiger partial charge in [-0.1, -0.05) is 36.4 Å². The number of benzene rings is 1. The van der Waals surface area contributed by atoms with E-state index < -0.39 is 0 Å². The Hall–Kier alpha value is -1.12. The molecule has 0 bridgehead atoms. The maximum absolute atomic E-state index is 3.72. The maximum Gasteiger partial charge on any atom is 0.0309 e. The minimum Gasteiger partial charge on any atom is -0.258 e. The molecule has 0 amide bonds. The van der Waals surface area contributed by atoms with Gasteiger partial charge in [-0.2, -0.15) is 0 Å². The molecule has 1 N–H and O–H groups in total. The number of hydrogen-bond acceptors (Lipinski definition) is 2. The van der Waals surface area contributed by atoms with Crippen LogP contribution >= 0.6 is 0 Å². The molecule has 1 aromatic rings. The van der Waals surface area contributed by atoms with Gasteiger partial charge in [0.25, 0.3) is 0 Å². The van der Waals surface area contributed by atoms with Gasteiger partial charge < -0.3 is 0 Å². The molecule has 0 radical (unpaired) electrons. The third-order valence-corrected chi connectivity index (χ3v) is 2.18. The van der Waals surface area contributed by atoms with Gasteiger partial charge in [-0.15, -0.1) is 6.58 Å². The van der Waals surface area contributed by atoms with Crippen LogP contribution in [-0.2, 0) is 6.42 Å². The van der Waals surface area contributed by atoms with Gasteiger partial charge in [0.05, 0.1) is 0 Å². The number of rotatable bonds is 6. The van der Waals surface area contributed by atoms with Gasteiger partial charge in [0.2, 0.25) is 0 Å². The normalized spacial score (nSPS) is 10.4. The molecule has 0 saturated heterocycles. The van der Waals surface area contributed by atoms with Gasteiger partial charge >= 0.3 is 0 Å². The summed E-state index contributed by atoms with van der Waals surface area (Å²) in [6.45, 7) is 5.61. The predicted molar refractivity (Wildman–Crippen MR) is 61.0 cm³/mol. The monoisotopic (exact) mass is 190 g/mol. The zero-order valence-electron chi connectivity index (χ0n) is 8.74. The largest absolute Gasteiger partial charge is 0.258 e. The van der Waals surface area contributed by atoms with Crippen LogP contribution in [0.25, 0.3) is 0 Å². The molecule has 0 aliphatic heterocycles. The van der Waals surface area contributed by atoms with Gasteiger partial charge in [-0.05, 0) is 19.0 Å². The van der Waals surface area contributed by atoms with Crippen LogP contribution in [-0.4, -0.2) is 25.1 Å². The third-order valence-electron chi connectivity index (χ3n) is 2.18. The molecule has 0 atom stereocenters. The Morgan fingerprint density at radius 2 is 2.07 bits per heavy atom. The summed E-state index contributed by atoms with van der Waals surface area (Å²) in [5, 5.41) is 2.14. The second kappa shape index (κ2) is 6.35. The van der Waals surface area contributed by atoms with E-state index in [9.17, 15) is 0 Å². The summed E-state index contributed by atoms with van der Waals surface area (Å²) in [5.74, 6) is 0. The molecule has 14 heavy (non-hydrogen) atoms. The summed E-state index contributed by atoms with van der Waals surface area (Å²) in [4.78, 5) is 0. The molecule has 1 rings (SSSR count). The lowest BCUT2D eigenvalue weighted by Gasteiger charge is -2.18. The Bertz CT molecular complexity index is 256. The molecule has 0 spiro atoms. The van der Waals surface area contributed by atoms with Crippen LogP contribution in [0.15, 0.2) is 43.0 Å². The first kappa shape index (κ1) is 11.0. The zero-order chi connectivity index (χ0) is 10.2. The zero-order valence-corrected chi connectivity index (χ0v) is 8.74. The van der Waals surface area contributed by atoms with E-state index in [1.165, 1.54) is 5.56 Å². The lowest BCUT2D eigenvalue weighted by atomic mass is 10.1. The minimum absolute atomic E-state index is 0.878. The molecular formula is C12H18N2. The van der Waals surface area contributed by atoms with Gasteiger partial charge in [0.15, 0.2) is 0 Å². The highest BCUT2D eigenvalue weighted by atomic mass is 15.5. The molecule has 0 saturated carbocycles. The average molecular weight is 190 g/mol. The van der Waals surface area contributed by atoms with Crippen LogP contribution < -0.4 is 5.43 Å². The van der Waals surface area contributed by atoms with Crippen molar-refractivity contribution in [3.05, 3.63) is 48.6 Å². The van der Waals surface area contributed by atoms with Crippen LogP contribution in [0.2, 0.25) is 0 Å². The Labute approximate surface area is 86.2 Å². The van der Waals surface area contributed by atoms with Crippen molar-refractivity contribution < 1.29 is 0 Å². The lowest BCUT2D eigenvalue weighted by Crippen LogP contribution is -2.36. The lowest BCUT2D eigenvalue weighted by molar-refractivity contribution is 0.235. The Kier molecular flexibility index (Phi) is 4.97. The van der Waals surface area contributed by atoms with Crippen LogP contribution in [0.1, 0.15) is 5.56 Å². The van der Waals surface area contributed by atoms with Crippen molar-refractivity contribution in [2.75, 3.05) is 20.1 Å². The fourth-order valence-electron chi connectivity index (χ4n) is 1.36. The van der Waals surface area contributed by atoms with E-state index >= 15 is 0 Å². The van der Waals surface area contributed by atoms with E-state index in [0.717, 1.165) is 19.5 Å². The molecule has 2 nitrogen and oxygen atoms in total. The molecule has 1 aromatic carbocycles. The minimum atomic E-state index is 0.878. The van der Waals surface area contributed by atoms with Crippen molar-refractivity contribution >= 4 is 0 Å². The van der Waals surface area contributed by atoms with Crippen molar-refractivity contribution in [1.82, 2.24) is 10.4 Å². The quantitative estimate of drug-likeness (QED) is 0.544. The average Bonchev–Trinajstić information content (AvgIpc) is 2.25. The Balaban J connectivity index is 2.35. The predicted octanol–water partition coefficient (Wildman–Crippen LogP) is 1.85. The smallest absolute Gasteiger partial charge is 0.0309 e. The first-order chi connectivity index (χ1) is 6.86. The molecule has 0 aliphatic carbocycles. The van der Waals surface area contributed by atoms with E-state index in [2.05, 4.69) is 41.3 Å². The van der Waals surface area contributed by atoms with Gasteiger partial charge in [-0.3, -0.25) is 5.43 Å². The third kappa shape index (κ3) is 3.73. The summed E-state index contributed by atoms with van der Waals surface area (Å²) < 4.78 is 0. The first-order valence-electron chi connectivity index (χ1n) is 4.94. The fraction of sp³-hybridized carbons (Fsp3) is 0.333. The van der Waals surface area contributed by atoms with Crippen LogP contribution in [0.3, 0.4) is 0 Å². The van der Waals surface area contributed by atoms with E-state index in [0.29, 0.717) is 0 Å². The number of nitrogens with one attached hydrogen (secondary N) is 1. The van der Waals surface area contributed by atoms with Gasteiger partial charge in [-0.25, -0.2) is 5.01 Å². The van der Waals surface area contributed by atoms with Crippen LogP contribution in [0.5, 0.6) is 0 Å². The number of hydrogen-bond donors (Lipinski definition) is 1. The molecule has 0 aliphatic rings.